The van der Waals surface area contributed by atoms with Crippen LogP contribution >= 0.6 is 11.6 Å². The van der Waals surface area contributed by atoms with Crippen molar-refractivity contribution in [2.24, 2.45) is 0 Å². The van der Waals surface area contributed by atoms with Crippen LogP contribution in [0.2, 0.25) is 5.02 Å². The maximum absolute atomic E-state index is 11.5. The molecule has 0 aliphatic carbocycles. The van der Waals surface area contributed by atoms with Gasteiger partial charge < -0.3 is 4.98 Å². The third-order valence-corrected chi connectivity index (χ3v) is 2.65. The molecular weight excluding hydrogens is 228 g/mol. The van der Waals surface area contributed by atoms with E-state index in [1.807, 2.05) is 6.92 Å². The lowest BCUT2D eigenvalue weighted by molar-refractivity contribution is 1.12. The molecule has 0 spiro atoms. The molecule has 0 amide bonds. The molecule has 0 fully saturated rings. The van der Waals surface area contributed by atoms with Gasteiger partial charge in [-0.05, 0) is 18.6 Å². The summed E-state index contributed by atoms with van der Waals surface area (Å²) < 4.78 is 1.72. The molecule has 0 aliphatic rings. The lowest BCUT2D eigenvalue weighted by Gasteiger charge is -1.98. The van der Waals surface area contributed by atoms with Crippen LogP contribution in [0.15, 0.2) is 23.4 Å². The van der Waals surface area contributed by atoms with Gasteiger partial charge in [0.2, 0.25) is 0 Å². The van der Waals surface area contributed by atoms with E-state index < -0.39 is 0 Å². The Balaban J connectivity index is 2.66. The van der Waals surface area contributed by atoms with E-state index in [1.165, 1.54) is 6.33 Å². The van der Waals surface area contributed by atoms with Crippen LogP contribution in [0.4, 0.5) is 0 Å². The number of hydrogen-bond donors (Lipinski definition) is 1. The van der Waals surface area contributed by atoms with Crippen molar-refractivity contribution in [1.82, 2.24) is 19.4 Å². The molecule has 0 aromatic carbocycles. The van der Waals surface area contributed by atoms with E-state index in [0.717, 1.165) is 5.56 Å². The Morgan fingerprint density at radius 2 is 2.25 bits per heavy atom. The highest BCUT2D eigenvalue weighted by atomic mass is 35.5. The van der Waals surface area contributed by atoms with Crippen molar-refractivity contribution in [2.75, 3.05) is 0 Å². The van der Waals surface area contributed by atoms with Crippen molar-refractivity contribution in [1.29, 1.82) is 0 Å². The average molecular weight is 235 g/mol. The highest BCUT2D eigenvalue weighted by Crippen LogP contribution is 2.19. The lowest BCUT2D eigenvalue weighted by atomic mass is 10.3. The number of imidazole rings is 1. The zero-order chi connectivity index (χ0) is 11.3. The molecule has 0 saturated heterocycles. The first-order chi connectivity index (χ1) is 7.66. The molecule has 3 aromatic heterocycles. The van der Waals surface area contributed by atoms with Crippen LogP contribution in [0.1, 0.15) is 5.56 Å². The molecular formula is C10H7ClN4O. The predicted molar refractivity (Wildman–Crippen MR) is 60.9 cm³/mol. The Morgan fingerprint density at radius 3 is 3.06 bits per heavy atom. The topological polar surface area (TPSA) is 63.1 Å². The highest BCUT2D eigenvalue weighted by molar-refractivity contribution is 6.30. The summed E-state index contributed by atoms with van der Waals surface area (Å²) in [5, 5.41) is 0.589. The van der Waals surface area contributed by atoms with Gasteiger partial charge in [0, 0.05) is 6.20 Å². The lowest BCUT2D eigenvalue weighted by Crippen LogP contribution is -2.06. The summed E-state index contributed by atoms with van der Waals surface area (Å²) in [6, 6.07) is 1.80. The second-order valence-corrected chi connectivity index (χ2v) is 3.99. The molecule has 3 heterocycles. The fourth-order valence-electron chi connectivity index (χ4n) is 1.75. The molecule has 0 bridgehead atoms. The second-order valence-electron chi connectivity index (χ2n) is 3.55. The average Bonchev–Trinajstić information content (AvgIpc) is 2.59. The van der Waals surface area contributed by atoms with Gasteiger partial charge in [0.25, 0.3) is 5.56 Å². The minimum absolute atomic E-state index is 0.246. The first-order valence-corrected chi connectivity index (χ1v) is 5.06. The van der Waals surface area contributed by atoms with Crippen molar-refractivity contribution >= 4 is 28.4 Å². The Labute approximate surface area is 94.7 Å². The maximum Gasteiger partial charge on any atom is 0.278 e. The molecule has 0 atom stereocenters. The first kappa shape index (κ1) is 9.35. The molecule has 0 unspecified atom stereocenters. The van der Waals surface area contributed by atoms with E-state index in [2.05, 4.69) is 15.0 Å². The van der Waals surface area contributed by atoms with Crippen molar-refractivity contribution in [3.8, 4) is 0 Å². The summed E-state index contributed by atoms with van der Waals surface area (Å²) >= 11 is 5.96. The van der Waals surface area contributed by atoms with Crippen LogP contribution < -0.4 is 5.56 Å². The van der Waals surface area contributed by atoms with Crippen LogP contribution in [0.3, 0.4) is 0 Å². The number of nitrogens with one attached hydrogen (secondary N) is 1. The quantitative estimate of drug-likeness (QED) is 0.642. The molecule has 16 heavy (non-hydrogen) atoms. The predicted octanol–water partition coefficient (Wildman–Crippen LogP) is 1.53. The zero-order valence-electron chi connectivity index (χ0n) is 8.36. The minimum Gasteiger partial charge on any atom is -0.311 e. The van der Waals surface area contributed by atoms with Crippen molar-refractivity contribution < 1.29 is 0 Å². The van der Waals surface area contributed by atoms with Crippen LogP contribution in [0, 0.1) is 6.92 Å². The van der Waals surface area contributed by atoms with Crippen molar-refractivity contribution in [2.45, 2.75) is 6.92 Å². The molecule has 3 aromatic rings. The number of fused-ring (bicyclic) bond motifs is 3. The number of aryl methyl sites for hydroxylation is 1. The van der Waals surface area contributed by atoms with Gasteiger partial charge in [-0.3, -0.25) is 9.20 Å². The van der Waals surface area contributed by atoms with E-state index in [1.54, 1.807) is 16.7 Å². The van der Waals surface area contributed by atoms with E-state index in [0.29, 0.717) is 21.8 Å². The summed E-state index contributed by atoms with van der Waals surface area (Å²) in [6.07, 6.45) is 3.06. The largest absolute Gasteiger partial charge is 0.311 e. The summed E-state index contributed by atoms with van der Waals surface area (Å²) in [6.45, 7) is 1.89. The number of H-pyrrole nitrogens is 1. The van der Waals surface area contributed by atoms with E-state index >= 15 is 0 Å². The summed E-state index contributed by atoms with van der Waals surface area (Å²) in [5.41, 5.74) is 2.20. The fraction of sp³-hybridized carbons (Fsp3) is 0.100. The Hall–Kier alpha value is -1.88. The Bertz CT molecular complexity index is 758. The summed E-state index contributed by atoms with van der Waals surface area (Å²) in [7, 11) is 0. The number of hydrogen-bond acceptors (Lipinski definition) is 3. The van der Waals surface area contributed by atoms with Gasteiger partial charge in [0.1, 0.15) is 5.65 Å². The summed E-state index contributed by atoms with van der Waals surface area (Å²) in [4.78, 5) is 22.4. The van der Waals surface area contributed by atoms with Gasteiger partial charge in [-0.2, -0.15) is 0 Å². The summed E-state index contributed by atoms with van der Waals surface area (Å²) in [5.74, 6) is 0. The first-order valence-electron chi connectivity index (χ1n) is 4.68. The van der Waals surface area contributed by atoms with Gasteiger partial charge >= 0.3 is 0 Å². The fourth-order valence-corrected chi connectivity index (χ4v) is 2.01. The van der Waals surface area contributed by atoms with Gasteiger partial charge in [-0.25, -0.2) is 9.97 Å². The maximum atomic E-state index is 11.5. The number of aromatic amines is 1. The molecule has 1 N–H and O–H groups in total. The highest BCUT2D eigenvalue weighted by Gasteiger charge is 2.10. The number of aromatic nitrogens is 4. The van der Waals surface area contributed by atoms with E-state index in [9.17, 15) is 4.79 Å². The van der Waals surface area contributed by atoms with Gasteiger partial charge in [0.05, 0.1) is 11.3 Å². The number of nitrogens with zero attached hydrogens (tertiary/aromatic N) is 3. The molecule has 0 radical (unpaired) electrons. The molecule has 80 valence electrons. The SMILES string of the molecule is Cc1cc(Cl)cn2c1nc1c(=O)[nH]cnc12. The van der Waals surface area contributed by atoms with Crippen molar-refractivity contribution in [3.05, 3.63) is 39.5 Å². The van der Waals surface area contributed by atoms with Gasteiger partial charge in [-0.1, -0.05) is 11.6 Å². The molecule has 5 nitrogen and oxygen atoms in total. The standard InChI is InChI=1S/C10H7ClN4O/c1-5-2-6(11)3-15-8(5)14-7-9(15)12-4-13-10(7)16/h2-4H,1H3,(H,12,13,16). The minimum atomic E-state index is -0.246. The zero-order valence-corrected chi connectivity index (χ0v) is 9.12. The van der Waals surface area contributed by atoms with Crippen LogP contribution in [0.25, 0.3) is 16.8 Å². The molecule has 0 aliphatic heterocycles. The van der Waals surface area contributed by atoms with Gasteiger partial charge in [-0.15, -0.1) is 0 Å². The van der Waals surface area contributed by atoms with Crippen LogP contribution in [0.5, 0.6) is 0 Å². The normalized spacial score (nSPS) is 11.4. The number of pyridine rings is 1. The Kier molecular flexibility index (Phi) is 1.79. The monoisotopic (exact) mass is 234 g/mol. The van der Waals surface area contributed by atoms with Crippen LogP contribution in [-0.2, 0) is 0 Å². The van der Waals surface area contributed by atoms with E-state index in [4.69, 9.17) is 11.6 Å². The van der Waals surface area contributed by atoms with Gasteiger partial charge in [0.15, 0.2) is 11.2 Å². The second kappa shape index (κ2) is 3.05. The smallest absolute Gasteiger partial charge is 0.278 e. The van der Waals surface area contributed by atoms with Crippen molar-refractivity contribution in [3.63, 3.8) is 0 Å². The molecule has 6 heteroatoms. The third kappa shape index (κ3) is 1.15. The third-order valence-electron chi connectivity index (χ3n) is 2.44. The number of halogens is 1. The number of rotatable bonds is 0. The Morgan fingerprint density at radius 1 is 1.44 bits per heavy atom. The molecule has 0 saturated carbocycles. The van der Waals surface area contributed by atoms with E-state index in [-0.39, 0.29) is 5.56 Å². The van der Waals surface area contributed by atoms with Crippen LogP contribution in [-0.4, -0.2) is 19.4 Å². The molecule has 3 rings (SSSR count).